The Hall–Kier alpha value is -1.06. The molecule has 0 saturated carbocycles. The molecule has 1 aliphatic heterocycles. The lowest BCUT2D eigenvalue weighted by Gasteiger charge is -2.30. The van der Waals surface area contributed by atoms with Crippen molar-refractivity contribution >= 4 is 0 Å². The predicted octanol–water partition coefficient (Wildman–Crippen LogP) is 2.35. The number of nitrogens with zero attached hydrogens (tertiary/aromatic N) is 1. The first kappa shape index (κ1) is 13.4. The summed E-state index contributed by atoms with van der Waals surface area (Å²) in [7, 11) is 0. The standard InChI is InChI=1S/C15H24N2O/c1-3-8-17(4-2)14(11-16)12-5-6-15-13(10-12)7-9-18-15/h5-6,10,14H,3-4,7-9,11,16H2,1-2H3. The van der Waals surface area contributed by atoms with E-state index in [0.29, 0.717) is 12.6 Å². The highest BCUT2D eigenvalue weighted by Gasteiger charge is 2.20. The van der Waals surface area contributed by atoms with Crippen LogP contribution in [0.15, 0.2) is 18.2 Å². The van der Waals surface area contributed by atoms with E-state index in [4.69, 9.17) is 10.5 Å². The molecule has 1 aliphatic rings. The average Bonchev–Trinajstić information content (AvgIpc) is 2.86. The van der Waals surface area contributed by atoms with Gasteiger partial charge in [-0.1, -0.05) is 26.0 Å². The van der Waals surface area contributed by atoms with Crippen LogP contribution in [-0.4, -0.2) is 31.1 Å². The van der Waals surface area contributed by atoms with Gasteiger partial charge in [-0.15, -0.1) is 0 Å². The molecule has 1 atom stereocenters. The van der Waals surface area contributed by atoms with Crippen molar-refractivity contribution in [2.24, 2.45) is 5.73 Å². The fraction of sp³-hybridized carbons (Fsp3) is 0.600. The van der Waals surface area contributed by atoms with Crippen molar-refractivity contribution in [1.29, 1.82) is 0 Å². The molecule has 0 saturated heterocycles. The lowest BCUT2D eigenvalue weighted by atomic mass is 10.0. The Kier molecular flexibility index (Phi) is 4.61. The van der Waals surface area contributed by atoms with E-state index in [9.17, 15) is 0 Å². The zero-order chi connectivity index (χ0) is 13.0. The number of benzene rings is 1. The first-order valence-corrected chi connectivity index (χ1v) is 6.99. The van der Waals surface area contributed by atoms with Gasteiger partial charge in [-0.2, -0.15) is 0 Å². The molecule has 100 valence electrons. The van der Waals surface area contributed by atoms with E-state index < -0.39 is 0 Å². The van der Waals surface area contributed by atoms with Crippen LogP contribution in [0.4, 0.5) is 0 Å². The van der Waals surface area contributed by atoms with Gasteiger partial charge < -0.3 is 10.5 Å². The minimum Gasteiger partial charge on any atom is -0.493 e. The van der Waals surface area contributed by atoms with Crippen LogP contribution in [0.5, 0.6) is 5.75 Å². The molecule has 18 heavy (non-hydrogen) atoms. The molecular weight excluding hydrogens is 224 g/mol. The van der Waals surface area contributed by atoms with Gasteiger partial charge in [0.05, 0.1) is 6.61 Å². The summed E-state index contributed by atoms with van der Waals surface area (Å²) in [4.78, 5) is 2.46. The molecule has 0 aliphatic carbocycles. The number of ether oxygens (including phenoxy) is 1. The highest BCUT2D eigenvalue weighted by atomic mass is 16.5. The summed E-state index contributed by atoms with van der Waals surface area (Å²) in [5, 5.41) is 0. The smallest absolute Gasteiger partial charge is 0.122 e. The minimum absolute atomic E-state index is 0.334. The summed E-state index contributed by atoms with van der Waals surface area (Å²) in [6.07, 6.45) is 2.19. The maximum Gasteiger partial charge on any atom is 0.122 e. The molecule has 0 spiro atoms. The fourth-order valence-electron chi connectivity index (χ4n) is 2.73. The number of hydrogen-bond donors (Lipinski definition) is 1. The van der Waals surface area contributed by atoms with E-state index in [1.165, 1.54) is 17.5 Å². The lowest BCUT2D eigenvalue weighted by Crippen LogP contribution is -2.34. The van der Waals surface area contributed by atoms with Crippen molar-refractivity contribution in [2.45, 2.75) is 32.7 Å². The van der Waals surface area contributed by atoms with Crippen molar-refractivity contribution < 1.29 is 4.74 Å². The molecule has 0 bridgehead atoms. The van der Waals surface area contributed by atoms with E-state index in [1.807, 2.05) is 0 Å². The van der Waals surface area contributed by atoms with Gasteiger partial charge in [0.15, 0.2) is 0 Å². The van der Waals surface area contributed by atoms with E-state index >= 15 is 0 Å². The number of rotatable bonds is 6. The highest BCUT2D eigenvalue weighted by molar-refractivity contribution is 5.40. The lowest BCUT2D eigenvalue weighted by molar-refractivity contribution is 0.212. The first-order chi connectivity index (χ1) is 8.80. The van der Waals surface area contributed by atoms with Gasteiger partial charge in [-0.05, 0) is 36.7 Å². The van der Waals surface area contributed by atoms with Crippen molar-refractivity contribution in [3.8, 4) is 5.75 Å². The predicted molar refractivity (Wildman–Crippen MR) is 75.0 cm³/mol. The molecule has 2 rings (SSSR count). The first-order valence-electron chi connectivity index (χ1n) is 6.99. The number of nitrogens with two attached hydrogens (primary N) is 1. The summed E-state index contributed by atoms with van der Waals surface area (Å²) in [5.41, 5.74) is 8.65. The van der Waals surface area contributed by atoms with Gasteiger partial charge in [0.1, 0.15) is 5.75 Å². The SMILES string of the molecule is CCCN(CC)C(CN)c1ccc2c(c1)CCO2. The van der Waals surface area contributed by atoms with Crippen LogP contribution in [0.25, 0.3) is 0 Å². The summed E-state index contributed by atoms with van der Waals surface area (Å²) in [6.45, 7) is 8.06. The van der Waals surface area contributed by atoms with Crippen LogP contribution in [-0.2, 0) is 6.42 Å². The quantitative estimate of drug-likeness (QED) is 0.840. The zero-order valence-corrected chi connectivity index (χ0v) is 11.5. The van der Waals surface area contributed by atoms with Gasteiger partial charge in [-0.3, -0.25) is 4.90 Å². The molecular formula is C15H24N2O. The second kappa shape index (κ2) is 6.21. The fourth-order valence-corrected chi connectivity index (χ4v) is 2.73. The van der Waals surface area contributed by atoms with Gasteiger partial charge in [0, 0.05) is 19.0 Å². The average molecular weight is 248 g/mol. The Balaban J connectivity index is 2.21. The number of hydrogen-bond acceptors (Lipinski definition) is 3. The molecule has 3 nitrogen and oxygen atoms in total. The Morgan fingerprint density at radius 2 is 2.22 bits per heavy atom. The van der Waals surface area contributed by atoms with Gasteiger partial charge in [-0.25, -0.2) is 0 Å². The molecule has 0 fully saturated rings. The maximum absolute atomic E-state index is 5.98. The second-order valence-corrected chi connectivity index (χ2v) is 4.85. The molecule has 1 aromatic carbocycles. The Labute approximate surface area is 110 Å². The normalized spacial score (nSPS) is 15.6. The van der Waals surface area contributed by atoms with Crippen LogP contribution < -0.4 is 10.5 Å². The van der Waals surface area contributed by atoms with E-state index in [-0.39, 0.29) is 0 Å². The Morgan fingerprint density at radius 3 is 2.89 bits per heavy atom. The molecule has 0 aromatic heterocycles. The zero-order valence-electron chi connectivity index (χ0n) is 11.5. The van der Waals surface area contributed by atoms with Crippen molar-refractivity contribution in [3.05, 3.63) is 29.3 Å². The highest BCUT2D eigenvalue weighted by Crippen LogP contribution is 2.29. The monoisotopic (exact) mass is 248 g/mol. The Bertz CT molecular complexity index is 392. The minimum atomic E-state index is 0.334. The molecule has 2 N–H and O–H groups in total. The van der Waals surface area contributed by atoms with Crippen LogP contribution >= 0.6 is 0 Å². The number of likely N-dealkylation sites (N-methyl/N-ethyl adjacent to an activating group) is 1. The summed E-state index contributed by atoms with van der Waals surface area (Å²) in [5.74, 6) is 1.05. The van der Waals surface area contributed by atoms with E-state index in [1.54, 1.807) is 0 Å². The van der Waals surface area contributed by atoms with Gasteiger partial charge in [0.25, 0.3) is 0 Å². The Morgan fingerprint density at radius 1 is 1.39 bits per heavy atom. The van der Waals surface area contributed by atoms with Gasteiger partial charge in [0.2, 0.25) is 0 Å². The third-order valence-electron chi connectivity index (χ3n) is 3.68. The van der Waals surface area contributed by atoms with Crippen molar-refractivity contribution in [3.63, 3.8) is 0 Å². The van der Waals surface area contributed by atoms with Gasteiger partial charge >= 0.3 is 0 Å². The molecule has 1 heterocycles. The van der Waals surface area contributed by atoms with Crippen LogP contribution in [0.1, 0.15) is 37.4 Å². The second-order valence-electron chi connectivity index (χ2n) is 4.85. The number of fused-ring (bicyclic) bond motifs is 1. The van der Waals surface area contributed by atoms with Crippen molar-refractivity contribution in [2.75, 3.05) is 26.2 Å². The van der Waals surface area contributed by atoms with Crippen LogP contribution in [0.2, 0.25) is 0 Å². The summed E-state index contributed by atoms with van der Waals surface area (Å²) >= 11 is 0. The summed E-state index contributed by atoms with van der Waals surface area (Å²) < 4.78 is 5.56. The molecule has 1 unspecified atom stereocenters. The maximum atomic E-state index is 5.98. The van der Waals surface area contributed by atoms with E-state index in [2.05, 4.69) is 36.9 Å². The van der Waals surface area contributed by atoms with Crippen LogP contribution in [0, 0.1) is 0 Å². The van der Waals surface area contributed by atoms with Crippen molar-refractivity contribution in [1.82, 2.24) is 4.90 Å². The molecule has 3 heteroatoms. The van der Waals surface area contributed by atoms with E-state index in [0.717, 1.165) is 31.9 Å². The topological polar surface area (TPSA) is 38.5 Å². The summed E-state index contributed by atoms with van der Waals surface area (Å²) in [6, 6.07) is 6.87. The molecule has 0 amide bonds. The third kappa shape index (κ3) is 2.68. The largest absolute Gasteiger partial charge is 0.493 e. The van der Waals surface area contributed by atoms with Crippen LogP contribution in [0.3, 0.4) is 0 Å². The molecule has 0 radical (unpaired) electrons. The molecule has 1 aromatic rings. The third-order valence-corrected chi connectivity index (χ3v) is 3.68.